The molecule has 5 heteroatoms. The molecule has 5 nitrogen and oxygen atoms in total. The molecule has 3 heterocycles. The minimum atomic E-state index is -0.210. The van der Waals surface area contributed by atoms with E-state index in [1.807, 2.05) is 17.2 Å². The van der Waals surface area contributed by atoms with Gasteiger partial charge in [-0.3, -0.25) is 9.48 Å². The van der Waals surface area contributed by atoms with Gasteiger partial charge >= 0.3 is 0 Å². The number of hydrogen-bond donors (Lipinski definition) is 1. The first-order valence-electron chi connectivity index (χ1n) is 6.70. The number of fused-ring (bicyclic) bond motifs is 2. The first kappa shape index (κ1) is 11.7. The third kappa shape index (κ3) is 2.14. The highest BCUT2D eigenvalue weighted by Crippen LogP contribution is 2.36. The molecule has 1 aromatic heterocycles. The highest BCUT2D eigenvalue weighted by Gasteiger charge is 2.42. The largest absolute Gasteiger partial charge is 0.393 e. The molecule has 1 aromatic rings. The highest BCUT2D eigenvalue weighted by atomic mass is 16.3. The van der Waals surface area contributed by atoms with E-state index < -0.39 is 0 Å². The number of hydrogen-bond acceptors (Lipinski definition) is 3. The van der Waals surface area contributed by atoms with Gasteiger partial charge in [-0.05, 0) is 31.7 Å². The lowest BCUT2D eigenvalue weighted by Crippen LogP contribution is -2.48. The lowest BCUT2D eigenvalue weighted by Gasteiger charge is -2.37. The van der Waals surface area contributed by atoms with Gasteiger partial charge in [-0.25, -0.2) is 0 Å². The fourth-order valence-corrected chi connectivity index (χ4v) is 3.33. The van der Waals surface area contributed by atoms with Gasteiger partial charge in [0, 0.05) is 37.4 Å². The Hall–Kier alpha value is -1.36. The third-order valence-corrected chi connectivity index (χ3v) is 4.11. The smallest absolute Gasteiger partial charge is 0.224 e. The zero-order valence-electron chi connectivity index (χ0n) is 10.4. The van der Waals surface area contributed by atoms with E-state index in [9.17, 15) is 9.90 Å². The Kier molecular flexibility index (Phi) is 3.07. The van der Waals surface area contributed by atoms with Gasteiger partial charge in [0.05, 0.1) is 6.10 Å². The first-order chi connectivity index (χ1) is 8.74. The summed E-state index contributed by atoms with van der Waals surface area (Å²) in [5, 5.41) is 13.8. The minimum Gasteiger partial charge on any atom is -0.393 e. The molecule has 1 amide bonds. The Bertz CT molecular complexity index is 404. The van der Waals surface area contributed by atoms with Gasteiger partial charge in [-0.15, -0.1) is 0 Å². The van der Waals surface area contributed by atoms with Crippen molar-refractivity contribution >= 4 is 5.91 Å². The highest BCUT2D eigenvalue weighted by molar-refractivity contribution is 5.77. The summed E-state index contributed by atoms with van der Waals surface area (Å²) in [4.78, 5) is 14.3. The van der Waals surface area contributed by atoms with Gasteiger partial charge < -0.3 is 10.0 Å². The van der Waals surface area contributed by atoms with Gasteiger partial charge in [0.1, 0.15) is 0 Å². The van der Waals surface area contributed by atoms with Crippen LogP contribution in [-0.4, -0.2) is 43.9 Å². The van der Waals surface area contributed by atoms with Crippen LogP contribution in [0.1, 0.15) is 32.1 Å². The number of aryl methyl sites for hydroxylation is 1. The summed E-state index contributed by atoms with van der Waals surface area (Å²) in [6.45, 7) is 0.643. The fraction of sp³-hybridized carbons (Fsp3) is 0.692. The van der Waals surface area contributed by atoms with Gasteiger partial charge in [0.15, 0.2) is 0 Å². The van der Waals surface area contributed by atoms with Crippen molar-refractivity contribution in [1.29, 1.82) is 0 Å². The van der Waals surface area contributed by atoms with Crippen molar-refractivity contribution < 1.29 is 9.90 Å². The number of carbonyl (C=O) groups excluding carboxylic acids is 1. The standard InChI is InChI=1S/C13H19N3O2/c17-12-8-10-2-3-11(9-12)16(10)13(18)4-7-15-6-1-5-14-15/h1,5-6,10-12,17H,2-4,7-9H2. The normalized spacial score (nSPS) is 30.7. The van der Waals surface area contributed by atoms with Crippen LogP contribution in [0, 0.1) is 0 Å². The summed E-state index contributed by atoms with van der Waals surface area (Å²) in [6.07, 6.45) is 7.51. The fourth-order valence-electron chi connectivity index (χ4n) is 3.33. The van der Waals surface area contributed by atoms with Crippen LogP contribution in [0.2, 0.25) is 0 Å². The summed E-state index contributed by atoms with van der Waals surface area (Å²) in [5.74, 6) is 0.213. The van der Waals surface area contributed by atoms with Crippen LogP contribution in [-0.2, 0) is 11.3 Å². The van der Waals surface area contributed by atoms with Crippen LogP contribution in [0.15, 0.2) is 18.5 Å². The Morgan fingerprint density at radius 2 is 2.06 bits per heavy atom. The Labute approximate surface area is 106 Å². The predicted molar refractivity (Wildman–Crippen MR) is 65.7 cm³/mol. The van der Waals surface area contributed by atoms with E-state index in [0.29, 0.717) is 13.0 Å². The maximum Gasteiger partial charge on any atom is 0.224 e. The summed E-state index contributed by atoms with van der Waals surface area (Å²) in [6, 6.07) is 2.40. The van der Waals surface area contributed by atoms with Crippen molar-refractivity contribution in [3.63, 3.8) is 0 Å². The molecular formula is C13H19N3O2. The predicted octanol–water partition coefficient (Wildman–Crippen LogP) is 0.787. The molecule has 1 N–H and O–H groups in total. The minimum absolute atomic E-state index is 0.210. The van der Waals surface area contributed by atoms with Crippen LogP contribution >= 0.6 is 0 Å². The SMILES string of the molecule is O=C(CCn1cccn1)N1C2CCC1CC(O)C2. The number of aliphatic hydroxyl groups is 1. The van der Waals surface area contributed by atoms with Crippen molar-refractivity contribution in [2.75, 3.05) is 0 Å². The van der Waals surface area contributed by atoms with Crippen LogP contribution < -0.4 is 0 Å². The molecule has 2 atom stereocenters. The van der Waals surface area contributed by atoms with Crippen molar-refractivity contribution in [1.82, 2.24) is 14.7 Å². The second-order valence-electron chi connectivity index (χ2n) is 5.33. The Morgan fingerprint density at radius 3 is 2.67 bits per heavy atom. The Morgan fingerprint density at radius 1 is 1.33 bits per heavy atom. The summed E-state index contributed by atoms with van der Waals surface area (Å²) in [7, 11) is 0. The topological polar surface area (TPSA) is 58.4 Å². The van der Waals surface area contributed by atoms with Gasteiger partial charge in [-0.2, -0.15) is 5.10 Å². The lowest BCUT2D eigenvalue weighted by atomic mass is 9.99. The first-order valence-corrected chi connectivity index (χ1v) is 6.70. The van der Waals surface area contributed by atoms with E-state index in [1.165, 1.54) is 0 Å². The molecule has 98 valence electrons. The quantitative estimate of drug-likeness (QED) is 0.861. The van der Waals surface area contributed by atoms with Gasteiger partial charge in [-0.1, -0.05) is 0 Å². The van der Waals surface area contributed by atoms with E-state index in [2.05, 4.69) is 5.10 Å². The van der Waals surface area contributed by atoms with E-state index in [0.717, 1.165) is 25.7 Å². The Balaban J connectivity index is 1.60. The third-order valence-electron chi connectivity index (χ3n) is 4.11. The van der Waals surface area contributed by atoms with E-state index in [-0.39, 0.29) is 24.1 Å². The number of carbonyl (C=O) groups is 1. The lowest BCUT2D eigenvalue weighted by molar-refractivity contribution is -0.137. The zero-order valence-corrected chi connectivity index (χ0v) is 10.4. The van der Waals surface area contributed by atoms with E-state index in [1.54, 1.807) is 10.9 Å². The number of nitrogens with zero attached hydrogens (tertiary/aromatic N) is 3. The average Bonchev–Trinajstić information content (AvgIpc) is 2.94. The van der Waals surface area contributed by atoms with Crippen molar-refractivity contribution in [3.05, 3.63) is 18.5 Å². The molecule has 0 aromatic carbocycles. The maximum absolute atomic E-state index is 12.3. The molecule has 3 rings (SSSR count). The number of piperidine rings is 1. The number of amides is 1. The molecular weight excluding hydrogens is 230 g/mol. The van der Waals surface area contributed by atoms with Crippen LogP contribution in [0.3, 0.4) is 0 Å². The molecule has 2 aliphatic rings. The molecule has 18 heavy (non-hydrogen) atoms. The molecule has 0 saturated carbocycles. The molecule has 2 unspecified atom stereocenters. The molecule has 0 spiro atoms. The number of aliphatic hydroxyl groups excluding tert-OH is 1. The van der Waals surface area contributed by atoms with Crippen molar-refractivity contribution in [3.8, 4) is 0 Å². The molecule has 2 bridgehead atoms. The summed E-state index contributed by atoms with van der Waals surface area (Å²) < 4.78 is 1.79. The van der Waals surface area contributed by atoms with Crippen LogP contribution in [0.25, 0.3) is 0 Å². The second-order valence-corrected chi connectivity index (χ2v) is 5.33. The van der Waals surface area contributed by atoms with E-state index in [4.69, 9.17) is 0 Å². The molecule has 2 aliphatic heterocycles. The molecule has 0 radical (unpaired) electrons. The number of rotatable bonds is 3. The number of aromatic nitrogens is 2. The molecule has 0 aliphatic carbocycles. The monoisotopic (exact) mass is 249 g/mol. The summed E-state index contributed by atoms with van der Waals surface area (Å²) in [5.41, 5.74) is 0. The molecule has 2 fully saturated rings. The van der Waals surface area contributed by atoms with Crippen LogP contribution in [0.5, 0.6) is 0 Å². The van der Waals surface area contributed by atoms with Gasteiger partial charge in [0.2, 0.25) is 5.91 Å². The maximum atomic E-state index is 12.3. The second kappa shape index (κ2) is 4.72. The molecule has 2 saturated heterocycles. The van der Waals surface area contributed by atoms with Crippen molar-refractivity contribution in [2.45, 2.75) is 56.8 Å². The summed E-state index contributed by atoms with van der Waals surface area (Å²) >= 11 is 0. The van der Waals surface area contributed by atoms with Gasteiger partial charge in [0.25, 0.3) is 0 Å². The van der Waals surface area contributed by atoms with Crippen LogP contribution in [0.4, 0.5) is 0 Å². The van der Waals surface area contributed by atoms with E-state index >= 15 is 0 Å². The van der Waals surface area contributed by atoms with Crippen molar-refractivity contribution in [2.24, 2.45) is 0 Å². The zero-order chi connectivity index (χ0) is 12.5. The average molecular weight is 249 g/mol.